The number of aliphatic hydroxyl groups excluding tert-OH is 2. The van der Waals surface area contributed by atoms with Crippen molar-refractivity contribution < 1.29 is 22.6 Å². The quantitative estimate of drug-likeness (QED) is 0.401. The van der Waals surface area contributed by atoms with E-state index in [4.69, 9.17) is 10.2 Å². The van der Waals surface area contributed by atoms with E-state index in [-0.39, 0.29) is 36.5 Å². The Bertz CT molecular complexity index is 364. The Morgan fingerprint density at radius 3 is 1.87 bits per heavy atom. The third kappa shape index (κ3) is 11.0. The van der Waals surface area contributed by atoms with Crippen LogP contribution in [0.3, 0.4) is 0 Å². The van der Waals surface area contributed by atoms with Gasteiger partial charge in [0.2, 0.25) is 0 Å². The first-order valence-electron chi connectivity index (χ1n) is 8.73. The first kappa shape index (κ1) is 22.8. The molecule has 0 aliphatic carbocycles. The Kier molecular flexibility index (Phi) is 15.2. The van der Waals surface area contributed by atoms with Crippen LogP contribution in [-0.4, -0.2) is 34.9 Å². The van der Waals surface area contributed by atoms with Gasteiger partial charge in [-0.3, -0.25) is 0 Å². The average Bonchev–Trinajstić information content (AvgIpc) is 2.53. The third-order valence-electron chi connectivity index (χ3n) is 3.97. The zero-order chi connectivity index (χ0) is 16.0. The first-order valence-corrected chi connectivity index (χ1v) is 10.5. The second-order valence-corrected chi connectivity index (χ2v) is 8.28. The number of benzene rings is 1. The molecule has 2 N–H and O–H groups in total. The van der Waals surface area contributed by atoms with Crippen LogP contribution in [0.5, 0.6) is 0 Å². The maximum atomic E-state index is 9.09. The van der Waals surface area contributed by atoms with Crippen LogP contribution in [-0.2, 0) is 23.1 Å². The second kappa shape index (κ2) is 15.3. The standard InChI is InChI=1S/C19H33O2S.ClH/c1-2-3-4-5-6-7-8-18-9-11-19(12-10-18)17-22(15-13-20)16-14-21;/h9-12,20-21H,2-8,13-17H2,1H3;1H/q+1;/p-1. The van der Waals surface area contributed by atoms with Crippen LogP contribution < -0.4 is 12.4 Å². The van der Waals surface area contributed by atoms with Crippen LogP contribution >= 0.6 is 0 Å². The van der Waals surface area contributed by atoms with Crippen molar-refractivity contribution in [1.29, 1.82) is 0 Å². The van der Waals surface area contributed by atoms with Crippen molar-refractivity contribution in [1.82, 2.24) is 0 Å². The predicted octanol–water partition coefficient (Wildman–Crippen LogP) is 0.697. The molecular weight excluding hydrogens is 328 g/mol. The lowest BCUT2D eigenvalue weighted by molar-refractivity contribution is -0.00000704. The fraction of sp³-hybridized carbons (Fsp3) is 0.684. The molecule has 4 heteroatoms. The van der Waals surface area contributed by atoms with E-state index in [2.05, 4.69) is 31.2 Å². The van der Waals surface area contributed by atoms with Crippen molar-refractivity contribution in [3.8, 4) is 0 Å². The highest BCUT2D eigenvalue weighted by atomic mass is 35.5. The maximum absolute atomic E-state index is 9.09. The van der Waals surface area contributed by atoms with Gasteiger partial charge in [0, 0.05) is 5.56 Å². The predicted molar refractivity (Wildman–Crippen MR) is 98.5 cm³/mol. The van der Waals surface area contributed by atoms with E-state index in [0.717, 1.165) is 17.3 Å². The summed E-state index contributed by atoms with van der Waals surface area (Å²) in [6, 6.07) is 8.95. The van der Waals surface area contributed by atoms with Crippen LogP contribution in [0.25, 0.3) is 0 Å². The summed E-state index contributed by atoms with van der Waals surface area (Å²) < 4.78 is 0. The summed E-state index contributed by atoms with van der Waals surface area (Å²) in [5.41, 5.74) is 2.76. The Labute approximate surface area is 151 Å². The maximum Gasteiger partial charge on any atom is 0.133 e. The van der Waals surface area contributed by atoms with Crippen molar-refractivity contribution in [2.24, 2.45) is 0 Å². The van der Waals surface area contributed by atoms with Gasteiger partial charge in [-0.2, -0.15) is 0 Å². The number of hydrogen-bond donors (Lipinski definition) is 2. The van der Waals surface area contributed by atoms with Crippen molar-refractivity contribution in [2.75, 3.05) is 24.7 Å². The summed E-state index contributed by atoms with van der Waals surface area (Å²) in [5, 5.41) is 18.2. The lowest BCUT2D eigenvalue weighted by Crippen LogP contribution is -3.00. The summed E-state index contributed by atoms with van der Waals surface area (Å²) in [5.74, 6) is 2.60. The summed E-state index contributed by atoms with van der Waals surface area (Å²) in [6.45, 7) is 2.70. The van der Waals surface area contributed by atoms with Gasteiger partial charge in [-0.25, -0.2) is 0 Å². The molecule has 0 radical (unpaired) electrons. The molecule has 134 valence electrons. The minimum absolute atomic E-state index is 0. The van der Waals surface area contributed by atoms with E-state index in [1.165, 1.54) is 56.1 Å². The minimum atomic E-state index is 0. The van der Waals surface area contributed by atoms with Crippen LogP contribution in [0.2, 0.25) is 0 Å². The van der Waals surface area contributed by atoms with Crippen molar-refractivity contribution in [3.63, 3.8) is 0 Å². The number of unbranched alkanes of at least 4 members (excludes halogenated alkanes) is 5. The van der Waals surface area contributed by atoms with E-state index in [1.54, 1.807) is 0 Å². The topological polar surface area (TPSA) is 40.5 Å². The third-order valence-corrected chi connectivity index (χ3v) is 6.23. The van der Waals surface area contributed by atoms with Crippen LogP contribution in [0.1, 0.15) is 56.6 Å². The zero-order valence-corrected chi connectivity index (χ0v) is 16.0. The summed E-state index contributed by atoms with van der Waals surface area (Å²) in [4.78, 5) is 0. The molecule has 0 saturated heterocycles. The van der Waals surface area contributed by atoms with Gasteiger partial charge >= 0.3 is 0 Å². The number of hydrogen-bond acceptors (Lipinski definition) is 2. The average molecular weight is 361 g/mol. The molecule has 1 aromatic carbocycles. The molecule has 0 unspecified atom stereocenters. The molecule has 0 atom stereocenters. The molecule has 0 fully saturated rings. The van der Waals surface area contributed by atoms with Gasteiger partial charge in [0.25, 0.3) is 0 Å². The second-order valence-electron chi connectivity index (χ2n) is 5.95. The monoisotopic (exact) mass is 360 g/mol. The molecule has 0 aliphatic heterocycles. The number of aliphatic hydroxyl groups is 2. The van der Waals surface area contributed by atoms with Gasteiger partial charge in [-0.1, -0.05) is 63.3 Å². The van der Waals surface area contributed by atoms with Gasteiger partial charge in [-0.05, 0) is 29.3 Å². The van der Waals surface area contributed by atoms with Crippen molar-refractivity contribution in [2.45, 2.75) is 57.6 Å². The lowest BCUT2D eigenvalue weighted by atomic mass is 10.0. The SMILES string of the molecule is CCCCCCCCc1ccc(C[S+](CCO)CCO)cc1.[Cl-]. The lowest BCUT2D eigenvalue weighted by Gasteiger charge is -2.07. The van der Waals surface area contributed by atoms with Gasteiger partial charge in [0.15, 0.2) is 0 Å². The van der Waals surface area contributed by atoms with E-state index in [1.807, 2.05) is 0 Å². The molecular formula is C19H33ClO2S. The molecule has 2 nitrogen and oxygen atoms in total. The number of halogens is 1. The highest BCUT2D eigenvalue weighted by Gasteiger charge is 2.17. The number of aryl methyl sites for hydroxylation is 1. The molecule has 23 heavy (non-hydrogen) atoms. The normalized spacial score (nSPS) is 10.8. The highest BCUT2D eigenvalue weighted by Crippen LogP contribution is 2.14. The van der Waals surface area contributed by atoms with Crippen molar-refractivity contribution >= 4 is 10.9 Å². The van der Waals surface area contributed by atoms with Crippen LogP contribution in [0.4, 0.5) is 0 Å². The van der Waals surface area contributed by atoms with Crippen molar-refractivity contribution in [3.05, 3.63) is 35.4 Å². The fourth-order valence-electron chi connectivity index (χ4n) is 2.65. The van der Waals surface area contributed by atoms with Gasteiger partial charge < -0.3 is 22.6 Å². The Morgan fingerprint density at radius 1 is 0.783 bits per heavy atom. The van der Waals surface area contributed by atoms with Crippen LogP contribution in [0, 0.1) is 0 Å². The first-order chi connectivity index (χ1) is 10.8. The zero-order valence-electron chi connectivity index (χ0n) is 14.5. The van der Waals surface area contributed by atoms with Crippen LogP contribution in [0.15, 0.2) is 24.3 Å². The van der Waals surface area contributed by atoms with E-state index < -0.39 is 0 Å². The molecule has 0 aliphatic rings. The minimum Gasteiger partial charge on any atom is -1.00 e. The van der Waals surface area contributed by atoms with E-state index in [9.17, 15) is 0 Å². The summed E-state index contributed by atoms with van der Waals surface area (Å²) in [7, 11) is 0.108. The van der Waals surface area contributed by atoms with E-state index >= 15 is 0 Å². The molecule has 1 aromatic rings. The molecule has 0 spiro atoms. The Balaban J connectivity index is 0.00000484. The summed E-state index contributed by atoms with van der Waals surface area (Å²) >= 11 is 0. The molecule has 0 heterocycles. The Morgan fingerprint density at radius 2 is 1.30 bits per heavy atom. The highest BCUT2D eigenvalue weighted by molar-refractivity contribution is 7.96. The largest absolute Gasteiger partial charge is 1.00 e. The molecule has 0 amide bonds. The molecule has 0 aromatic heterocycles. The molecule has 0 saturated carbocycles. The summed E-state index contributed by atoms with van der Waals surface area (Å²) in [6.07, 6.45) is 9.27. The molecule has 0 bridgehead atoms. The Hall–Kier alpha value is -0.220. The fourth-order valence-corrected chi connectivity index (χ4v) is 4.32. The van der Waals surface area contributed by atoms with Gasteiger partial charge in [0.05, 0.1) is 13.2 Å². The smallest absolute Gasteiger partial charge is 0.133 e. The van der Waals surface area contributed by atoms with Gasteiger partial charge in [0.1, 0.15) is 17.3 Å². The van der Waals surface area contributed by atoms with E-state index in [0.29, 0.717) is 0 Å². The number of rotatable bonds is 13. The molecule has 1 rings (SSSR count). The van der Waals surface area contributed by atoms with Gasteiger partial charge in [-0.15, -0.1) is 0 Å².